The molecule has 37 heavy (non-hydrogen) atoms. The van der Waals surface area contributed by atoms with Crippen LogP contribution in [0.1, 0.15) is 6.92 Å². The van der Waals surface area contributed by atoms with Gasteiger partial charge in [0, 0.05) is 32.7 Å². The van der Waals surface area contributed by atoms with E-state index in [9.17, 15) is 65.9 Å². The molecule has 0 aliphatic heterocycles. The van der Waals surface area contributed by atoms with Crippen molar-refractivity contribution in [3.8, 4) is 0 Å². The molecule has 0 aromatic heterocycles. The molecule has 0 bridgehead atoms. The Morgan fingerprint density at radius 1 is 0.459 bits per heavy atom. The Labute approximate surface area is 219 Å². The maximum absolute atomic E-state index is 11.4. The molecule has 6 nitrogen and oxygen atoms in total. The van der Waals surface area contributed by atoms with E-state index in [4.69, 9.17) is 29.7 Å². The molecule has 1 radical (unpaired) electrons. The average molecular weight is 662 g/mol. The Morgan fingerprint density at radius 3 is 0.757 bits per heavy atom. The first kappa shape index (κ1) is 41.8. The van der Waals surface area contributed by atoms with Crippen LogP contribution in [0, 0.1) is 0 Å². The summed E-state index contributed by atoms with van der Waals surface area (Å²) in [5, 5.41) is 24.1. The first-order valence-electron chi connectivity index (χ1n) is 7.66. The van der Waals surface area contributed by atoms with Crippen LogP contribution in [-0.4, -0.2) is 77.9 Å². The maximum atomic E-state index is 11.4. The van der Waals surface area contributed by atoms with Gasteiger partial charge in [0.1, 0.15) is 0 Å². The molecule has 0 unspecified atom stereocenters. The standard InChI is InChI=1S/2C5H2F6O2.C5H5F3O2.Y/c2*6-4(7,8)2(12)1-3(13)5(9,10)11;1-3(9)2-4(10)5(6,7)8;/h2*1,12H;2,10H,1H3;/p+3. The van der Waals surface area contributed by atoms with E-state index in [-0.39, 0.29) is 38.8 Å². The Morgan fingerprint density at radius 2 is 0.649 bits per heavy atom. The zero-order valence-electron chi connectivity index (χ0n) is 17.2. The number of carbonyl (C=O) groups excluding carboxylic acids is 3. The van der Waals surface area contributed by atoms with E-state index in [0.29, 0.717) is 0 Å². The maximum Gasteiger partial charge on any atom is 0.509 e. The van der Waals surface area contributed by atoms with Gasteiger partial charge in [0.25, 0.3) is 0 Å². The Kier molecular flexibility index (Phi) is 17.2. The van der Waals surface area contributed by atoms with Crippen molar-refractivity contribution in [1.82, 2.24) is 0 Å². The summed E-state index contributed by atoms with van der Waals surface area (Å²) >= 11 is 0. The van der Waals surface area contributed by atoms with Crippen LogP contribution in [0.15, 0.2) is 35.5 Å². The molecule has 0 rings (SSSR count). The predicted molar refractivity (Wildman–Crippen MR) is 88.9 cm³/mol. The molecule has 0 spiro atoms. The van der Waals surface area contributed by atoms with Crippen molar-refractivity contribution in [3.63, 3.8) is 0 Å². The zero-order chi connectivity index (χ0) is 30.1. The van der Waals surface area contributed by atoms with Gasteiger partial charge in [-0.2, -0.15) is 65.9 Å². The number of rotatable bonds is 3. The molecule has 0 aliphatic rings. The van der Waals surface area contributed by atoms with Crippen LogP contribution >= 0.6 is 0 Å². The van der Waals surface area contributed by atoms with Crippen molar-refractivity contribution >= 4 is 17.3 Å². The second-order valence-corrected chi connectivity index (χ2v) is 5.49. The molecule has 0 amide bonds. The van der Waals surface area contributed by atoms with E-state index >= 15 is 0 Å². The molecule has 0 saturated heterocycles. The van der Waals surface area contributed by atoms with E-state index < -0.39 is 77.7 Å². The van der Waals surface area contributed by atoms with Crippen LogP contribution in [0.5, 0.6) is 0 Å². The van der Waals surface area contributed by atoms with Crippen LogP contribution in [0.25, 0.3) is 0 Å². The van der Waals surface area contributed by atoms with Crippen molar-refractivity contribution in [2.45, 2.75) is 37.8 Å². The minimum Gasteiger partial charge on any atom is -0.504 e. The van der Waals surface area contributed by atoms with Gasteiger partial charge >= 0.3 is 48.2 Å². The van der Waals surface area contributed by atoms with Gasteiger partial charge in [0.2, 0.25) is 17.3 Å². The van der Waals surface area contributed by atoms with Gasteiger partial charge in [-0.05, 0) is 0 Å². The van der Waals surface area contributed by atoms with Crippen molar-refractivity contribution < 1.29 is 128 Å². The van der Waals surface area contributed by atoms with Crippen LogP contribution in [0.3, 0.4) is 0 Å². The van der Waals surface area contributed by atoms with Crippen LogP contribution in [-0.2, 0) is 32.7 Å². The molecular weight excluding hydrogens is 650 g/mol. The van der Waals surface area contributed by atoms with Gasteiger partial charge in [0.05, 0.1) is 25.2 Å². The quantitative estimate of drug-likeness (QED) is 0.154. The van der Waals surface area contributed by atoms with Crippen molar-refractivity contribution in [2.24, 2.45) is 0 Å². The average Bonchev–Trinajstić information content (AvgIpc) is 2.58. The molecule has 0 saturated carbocycles. The van der Waals surface area contributed by atoms with Gasteiger partial charge in [-0.1, -0.05) is 0 Å². The summed E-state index contributed by atoms with van der Waals surface area (Å²) in [4.78, 5) is 24.2. The largest absolute Gasteiger partial charge is 0.509 e. The second-order valence-electron chi connectivity index (χ2n) is 5.49. The minimum absolute atomic E-state index is 0. The second kappa shape index (κ2) is 15.2. The van der Waals surface area contributed by atoms with Gasteiger partial charge in [-0.3, -0.25) is 14.4 Å². The first-order chi connectivity index (χ1) is 15.4. The molecular formula is C15H12F15O6Y+3. The number of allylic oxidation sites excluding steroid dienone is 6. The van der Waals surface area contributed by atoms with Crippen molar-refractivity contribution in [2.75, 3.05) is 0 Å². The molecule has 213 valence electrons. The number of hydrogen-bond donors (Lipinski definition) is 3. The third-order valence-electron chi connectivity index (χ3n) is 2.34. The number of aliphatic hydroxyl groups is 3. The van der Waals surface area contributed by atoms with Gasteiger partial charge in [-0.25, -0.2) is 0 Å². The van der Waals surface area contributed by atoms with Crippen molar-refractivity contribution in [1.29, 1.82) is 0 Å². The number of ketones is 3. The fourth-order valence-electron chi connectivity index (χ4n) is 0.866. The summed E-state index contributed by atoms with van der Waals surface area (Å²) < 4.78 is 171. The summed E-state index contributed by atoms with van der Waals surface area (Å²) in [7, 11) is 0. The molecule has 22 heteroatoms. The normalized spacial score (nSPS) is 13.8. The fourth-order valence-corrected chi connectivity index (χ4v) is 0.866. The Hall–Kier alpha value is -2.32. The molecule has 0 fully saturated rings. The third-order valence-corrected chi connectivity index (χ3v) is 2.34. The van der Waals surface area contributed by atoms with E-state index in [1.807, 2.05) is 0 Å². The summed E-state index contributed by atoms with van der Waals surface area (Å²) in [6.07, 6.45) is -27.4. The van der Waals surface area contributed by atoms with Crippen LogP contribution < -0.4 is 0 Å². The first-order valence-corrected chi connectivity index (χ1v) is 7.66. The van der Waals surface area contributed by atoms with Crippen LogP contribution in [0.4, 0.5) is 65.9 Å². The number of hydrogen-bond acceptors (Lipinski definition) is 3. The Balaban J connectivity index is -0.000000220. The number of aliphatic hydroxyl groups excluding tert-OH is 3. The number of alkyl halides is 15. The third kappa shape index (κ3) is 21.5. The smallest absolute Gasteiger partial charge is 0.504 e. The summed E-state index contributed by atoms with van der Waals surface area (Å²) in [5.41, 5.74) is 0. The van der Waals surface area contributed by atoms with Gasteiger partial charge < -0.3 is 15.3 Å². The Bertz CT molecular complexity index is 819. The molecule has 0 aliphatic carbocycles. The fraction of sp³-hybridized carbons (Fsp3) is 0.400. The molecule has 6 N–H and O–H groups in total. The molecule has 0 heterocycles. The monoisotopic (exact) mass is 662 g/mol. The predicted octanol–water partition coefficient (Wildman–Crippen LogP) is 5.75. The van der Waals surface area contributed by atoms with Crippen molar-refractivity contribution in [3.05, 3.63) is 35.5 Å². The van der Waals surface area contributed by atoms with Gasteiger partial charge in [0.15, 0.2) is 0 Å². The van der Waals surface area contributed by atoms with E-state index in [1.54, 1.807) is 0 Å². The van der Waals surface area contributed by atoms with E-state index in [0.717, 1.165) is 6.92 Å². The van der Waals surface area contributed by atoms with E-state index in [2.05, 4.69) is 0 Å². The van der Waals surface area contributed by atoms with Gasteiger partial charge in [-0.15, -0.1) is 0 Å². The summed E-state index contributed by atoms with van der Waals surface area (Å²) in [5.74, 6) is -12.4. The molecule has 0 aromatic rings. The topological polar surface area (TPSA) is 125 Å². The minimum atomic E-state index is -5.31. The summed E-state index contributed by atoms with van der Waals surface area (Å²) in [6.45, 7) is 1.03. The van der Waals surface area contributed by atoms with Crippen LogP contribution in [0.2, 0.25) is 0 Å². The number of halogens is 15. The molecule has 0 aromatic carbocycles. The summed E-state index contributed by atoms with van der Waals surface area (Å²) in [6, 6.07) is 0. The molecule has 0 atom stereocenters. The SMILES string of the molecule is CC(=[OH+])C=C(O)C(F)(F)F.OC(=CC(=[OH+])C(F)(F)F)C(F)(F)F.OC(=CC(=[OH+])C(F)(F)F)C(F)(F)F.[Y]. The zero-order valence-corrected chi connectivity index (χ0v) is 20.0. The van der Waals surface area contributed by atoms with E-state index in [1.165, 1.54) is 0 Å².